The maximum atomic E-state index is 11.7. The summed E-state index contributed by atoms with van der Waals surface area (Å²) >= 11 is 3.12. The Morgan fingerprint density at radius 3 is 3.00 bits per heavy atom. The minimum Gasteiger partial charge on any atom is -0.296 e. The minimum absolute atomic E-state index is 0.138. The summed E-state index contributed by atoms with van der Waals surface area (Å²) in [4.78, 5) is 26.6. The topological polar surface area (TPSA) is 90.0 Å². The van der Waals surface area contributed by atoms with Crippen LogP contribution < -0.4 is 16.8 Å². The van der Waals surface area contributed by atoms with Crippen LogP contribution in [0.5, 0.6) is 0 Å². The van der Waals surface area contributed by atoms with Crippen molar-refractivity contribution >= 4 is 21.8 Å². The monoisotopic (exact) mass is 288 g/mol. The first-order valence-electron chi connectivity index (χ1n) is 4.77. The van der Waals surface area contributed by atoms with Crippen LogP contribution in [0.1, 0.15) is 18.7 Å². The zero-order valence-corrected chi connectivity index (χ0v) is 10.5. The Bertz CT molecular complexity index is 444. The lowest BCUT2D eigenvalue weighted by atomic mass is 10.3. The second kappa shape index (κ2) is 5.76. The van der Waals surface area contributed by atoms with E-state index in [1.54, 1.807) is 6.92 Å². The van der Waals surface area contributed by atoms with Gasteiger partial charge in [0.15, 0.2) is 0 Å². The third-order valence-electron chi connectivity index (χ3n) is 2.15. The van der Waals surface area contributed by atoms with E-state index >= 15 is 0 Å². The van der Waals surface area contributed by atoms with Gasteiger partial charge >= 0.3 is 0 Å². The van der Waals surface area contributed by atoms with Gasteiger partial charge in [0, 0.05) is 19.2 Å². The molecule has 0 aliphatic heterocycles. The van der Waals surface area contributed by atoms with E-state index in [-0.39, 0.29) is 17.9 Å². The van der Waals surface area contributed by atoms with Crippen LogP contribution in [-0.4, -0.2) is 15.5 Å². The van der Waals surface area contributed by atoms with E-state index in [1.807, 2.05) is 5.43 Å². The molecule has 7 heteroatoms. The molecule has 16 heavy (non-hydrogen) atoms. The molecule has 0 radical (unpaired) electrons. The number of nitrogens with two attached hydrogens (primary N) is 1. The Morgan fingerprint density at radius 2 is 2.38 bits per heavy atom. The average molecular weight is 289 g/mol. The van der Waals surface area contributed by atoms with Gasteiger partial charge in [-0.2, -0.15) is 0 Å². The normalized spacial score (nSPS) is 10.2. The number of aryl methyl sites for hydroxylation is 1. The number of hydrazine groups is 1. The van der Waals surface area contributed by atoms with E-state index < -0.39 is 0 Å². The van der Waals surface area contributed by atoms with E-state index in [9.17, 15) is 9.59 Å². The number of aromatic nitrogens is 2. The summed E-state index contributed by atoms with van der Waals surface area (Å²) in [6.45, 7) is 2.20. The summed E-state index contributed by atoms with van der Waals surface area (Å²) in [7, 11) is 0. The lowest BCUT2D eigenvalue weighted by Gasteiger charge is -2.08. The molecule has 1 amide bonds. The van der Waals surface area contributed by atoms with Gasteiger partial charge in [0.05, 0.1) is 0 Å². The largest absolute Gasteiger partial charge is 0.296 e. The molecular formula is C9H13BrN4O2. The second-order valence-corrected chi connectivity index (χ2v) is 4.14. The van der Waals surface area contributed by atoms with E-state index in [1.165, 1.54) is 10.8 Å². The highest BCUT2D eigenvalue weighted by atomic mass is 79.9. The van der Waals surface area contributed by atoms with Gasteiger partial charge in [0.1, 0.15) is 10.3 Å². The van der Waals surface area contributed by atoms with Gasteiger partial charge in [-0.15, -0.1) is 0 Å². The van der Waals surface area contributed by atoms with Crippen LogP contribution in [0.4, 0.5) is 0 Å². The van der Waals surface area contributed by atoms with Crippen molar-refractivity contribution in [2.75, 3.05) is 0 Å². The van der Waals surface area contributed by atoms with Crippen LogP contribution in [0.2, 0.25) is 0 Å². The number of rotatable bonds is 4. The number of carbonyl (C=O) groups is 1. The molecular weight excluding hydrogens is 276 g/mol. The van der Waals surface area contributed by atoms with Crippen molar-refractivity contribution in [1.29, 1.82) is 0 Å². The molecule has 1 rings (SSSR count). The predicted octanol–water partition coefficient (Wildman–Crippen LogP) is 0.0843. The first-order valence-corrected chi connectivity index (χ1v) is 5.57. The number of hydrogen-bond donors (Lipinski definition) is 2. The Morgan fingerprint density at radius 1 is 1.69 bits per heavy atom. The smallest absolute Gasteiger partial charge is 0.267 e. The molecule has 0 aromatic carbocycles. The van der Waals surface area contributed by atoms with Crippen LogP contribution in [-0.2, 0) is 11.3 Å². The summed E-state index contributed by atoms with van der Waals surface area (Å²) in [5, 5.41) is 0. The van der Waals surface area contributed by atoms with Crippen LogP contribution >= 0.6 is 15.9 Å². The quantitative estimate of drug-likeness (QED) is 0.467. The molecule has 0 aliphatic rings. The maximum Gasteiger partial charge on any atom is 0.267 e. The molecule has 0 bridgehead atoms. The fraction of sp³-hybridized carbons (Fsp3) is 0.444. The SMILES string of the molecule is Cc1ncc(Br)c(=O)n1CCCC(=O)NN. The summed E-state index contributed by atoms with van der Waals surface area (Å²) < 4.78 is 1.94. The first kappa shape index (κ1) is 12.9. The Balaban J connectivity index is 2.71. The number of nitrogens with zero attached hydrogens (tertiary/aromatic N) is 2. The molecule has 0 unspecified atom stereocenters. The second-order valence-electron chi connectivity index (χ2n) is 3.28. The Labute approximate surface area is 101 Å². The van der Waals surface area contributed by atoms with Gasteiger partial charge in [-0.3, -0.25) is 19.6 Å². The standard InChI is InChI=1S/C9H13BrN4O2/c1-6-12-5-7(10)9(16)14(6)4-2-3-8(15)13-11/h5H,2-4,11H2,1H3,(H,13,15). The highest BCUT2D eigenvalue weighted by Crippen LogP contribution is 2.02. The average Bonchev–Trinajstić information content (AvgIpc) is 2.28. The summed E-state index contributed by atoms with van der Waals surface area (Å²) in [5.74, 6) is 5.33. The van der Waals surface area contributed by atoms with Crippen molar-refractivity contribution in [1.82, 2.24) is 15.0 Å². The van der Waals surface area contributed by atoms with Crippen LogP contribution in [0, 0.1) is 6.92 Å². The molecule has 6 nitrogen and oxygen atoms in total. The predicted molar refractivity (Wildman–Crippen MR) is 62.5 cm³/mol. The van der Waals surface area contributed by atoms with Crippen molar-refractivity contribution in [2.24, 2.45) is 5.84 Å². The van der Waals surface area contributed by atoms with Gasteiger partial charge in [-0.25, -0.2) is 10.8 Å². The van der Waals surface area contributed by atoms with E-state index in [0.29, 0.717) is 23.3 Å². The minimum atomic E-state index is -0.242. The van der Waals surface area contributed by atoms with Gasteiger partial charge in [0.2, 0.25) is 5.91 Å². The zero-order valence-electron chi connectivity index (χ0n) is 8.86. The van der Waals surface area contributed by atoms with Gasteiger partial charge in [0.25, 0.3) is 5.56 Å². The van der Waals surface area contributed by atoms with E-state index in [4.69, 9.17) is 5.84 Å². The number of amides is 1. The molecule has 1 aromatic heterocycles. The molecule has 0 saturated carbocycles. The van der Waals surface area contributed by atoms with Crippen molar-refractivity contribution < 1.29 is 4.79 Å². The fourth-order valence-corrected chi connectivity index (χ4v) is 1.60. The van der Waals surface area contributed by atoms with Crippen LogP contribution in [0.25, 0.3) is 0 Å². The molecule has 0 saturated heterocycles. The number of hydrogen-bond acceptors (Lipinski definition) is 4. The lowest BCUT2D eigenvalue weighted by molar-refractivity contribution is -0.121. The van der Waals surface area contributed by atoms with Gasteiger partial charge < -0.3 is 0 Å². The first-order chi connectivity index (χ1) is 7.56. The molecule has 1 aromatic rings. The van der Waals surface area contributed by atoms with E-state index in [2.05, 4.69) is 20.9 Å². The van der Waals surface area contributed by atoms with E-state index in [0.717, 1.165) is 0 Å². The summed E-state index contributed by atoms with van der Waals surface area (Å²) in [6.07, 6.45) is 2.30. The number of carbonyl (C=O) groups excluding carboxylic acids is 1. The van der Waals surface area contributed by atoms with Crippen LogP contribution in [0.15, 0.2) is 15.5 Å². The van der Waals surface area contributed by atoms with Crippen molar-refractivity contribution in [3.8, 4) is 0 Å². The number of halogens is 1. The lowest BCUT2D eigenvalue weighted by Crippen LogP contribution is -2.30. The van der Waals surface area contributed by atoms with Crippen molar-refractivity contribution in [3.05, 3.63) is 26.8 Å². The van der Waals surface area contributed by atoms with Gasteiger partial charge in [-0.1, -0.05) is 0 Å². The molecule has 3 N–H and O–H groups in total. The fourth-order valence-electron chi connectivity index (χ4n) is 1.28. The number of nitrogens with one attached hydrogen (secondary N) is 1. The highest BCUT2D eigenvalue weighted by molar-refractivity contribution is 9.10. The Kier molecular flexibility index (Phi) is 4.63. The van der Waals surface area contributed by atoms with Crippen molar-refractivity contribution in [3.63, 3.8) is 0 Å². The van der Waals surface area contributed by atoms with Gasteiger partial charge in [-0.05, 0) is 29.3 Å². The third kappa shape index (κ3) is 3.14. The summed E-state index contributed by atoms with van der Waals surface area (Å²) in [6, 6.07) is 0. The van der Waals surface area contributed by atoms with Crippen LogP contribution in [0.3, 0.4) is 0 Å². The molecule has 0 fully saturated rings. The third-order valence-corrected chi connectivity index (χ3v) is 2.70. The van der Waals surface area contributed by atoms with Crippen molar-refractivity contribution in [2.45, 2.75) is 26.3 Å². The Hall–Kier alpha value is -1.21. The summed E-state index contributed by atoms with van der Waals surface area (Å²) in [5.41, 5.74) is 1.90. The zero-order chi connectivity index (χ0) is 12.1. The molecule has 88 valence electrons. The highest BCUT2D eigenvalue weighted by Gasteiger charge is 2.06. The maximum absolute atomic E-state index is 11.7. The molecule has 1 heterocycles. The molecule has 0 atom stereocenters. The molecule has 0 aliphatic carbocycles. The molecule has 0 spiro atoms.